The Morgan fingerprint density at radius 1 is 0.899 bits per heavy atom. The first-order valence-corrected chi connectivity index (χ1v) is 25.6. The van der Waals surface area contributed by atoms with Crippen molar-refractivity contribution in [3.63, 3.8) is 0 Å². The highest BCUT2D eigenvalue weighted by Gasteiger charge is 2.59. The van der Waals surface area contributed by atoms with Crippen molar-refractivity contribution in [1.82, 2.24) is 20.3 Å². The Hall–Kier alpha value is -5.36. The molecule has 1 aromatic heterocycles. The molecule has 3 saturated carbocycles. The van der Waals surface area contributed by atoms with Gasteiger partial charge in [0, 0.05) is 19.2 Å². The first kappa shape index (κ1) is 51.5. The van der Waals surface area contributed by atoms with Crippen LogP contribution in [0.25, 0.3) is 12.2 Å². The van der Waals surface area contributed by atoms with Crippen molar-refractivity contribution in [2.75, 3.05) is 27.4 Å². The predicted molar refractivity (Wildman–Crippen MR) is 271 cm³/mol. The number of fused-ring (bicyclic) bond motifs is 5. The Kier molecular flexibility index (Phi) is 17.5. The zero-order valence-electron chi connectivity index (χ0n) is 42.3. The normalized spacial score (nSPS) is 26.1. The van der Waals surface area contributed by atoms with Gasteiger partial charge >= 0.3 is 0 Å². The molecule has 2 aromatic carbocycles. The Morgan fingerprint density at radius 3 is 2.45 bits per heavy atom. The monoisotopic (exact) mass is 947 g/mol. The minimum atomic E-state index is -0.413. The van der Waals surface area contributed by atoms with Gasteiger partial charge < -0.3 is 34.5 Å². The number of benzene rings is 2. The highest BCUT2D eigenvalue weighted by molar-refractivity contribution is 6.02. The Bertz CT molecular complexity index is 2350. The molecule has 4 aliphatic rings. The summed E-state index contributed by atoms with van der Waals surface area (Å²) < 4.78 is 24.7. The predicted octanol–water partition coefficient (Wildman–Crippen LogP) is 11.6. The Morgan fingerprint density at radius 2 is 1.67 bits per heavy atom. The van der Waals surface area contributed by atoms with Gasteiger partial charge in [-0.05, 0) is 158 Å². The number of aromatic nitrogens is 3. The molecule has 1 heterocycles. The number of methoxy groups -OCH3 is 2. The molecule has 3 N–H and O–H groups in total. The maximum Gasteiger partial charge on any atom is 0.246 e. The zero-order chi connectivity index (χ0) is 49.1. The SMILES string of the molecule is COc1cc(/C=C/C(=O)/C=C(O)/C=C/c2ccc(OCc3cn(CCCCNC(=O)CO[C@H]4CC[C@@]5(C)C(=CC[C@H]6[C@@H]7CC[C@H]([C@H](C)CCCC(C)C)[C@@]7(C)CC[C@@H]65)C4)nn3)c(OC)c2)ccc1O. The number of amides is 1. The number of phenolic OH excluding ortho intramolecular Hbond substituents is 1. The van der Waals surface area contributed by atoms with Crippen LogP contribution in [0.2, 0.25) is 0 Å². The van der Waals surface area contributed by atoms with Crippen molar-refractivity contribution < 1.29 is 38.7 Å². The molecule has 12 heteroatoms. The fourth-order valence-electron chi connectivity index (χ4n) is 12.6. The lowest BCUT2D eigenvalue weighted by molar-refractivity contribution is -0.129. The molecule has 1 amide bonds. The highest BCUT2D eigenvalue weighted by Crippen LogP contribution is 2.67. The van der Waals surface area contributed by atoms with Crippen LogP contribution in [0.3, 0.4) is 0 Å². The van der Waals surface area contributed by atoms with Crippen molar-refractivity contribution in [3.8, 4) is 23.0 Å². The summed E-state index contributed by atoms with van der Waals surface area (Å²) in [4.78, 5) is 25.2. The number of ether oxygens (including phenoxy) is 4. The maximum atomic E-state index is 12.8. The van der Waals surface area contributed by atoms with Crippen LogP contribution >= 0.6 is 0 Å². The Balaban J connectivity index is 0.781. The molecular weight excluding hydrogens is 869 g/mol. The number of aliphatic hydroxyl groups is 1. The summed E-state index contributed by atoms with van der Waals surface area (Å²) in [5.41, 5.74) is 4.43. The topological polar surface area (TPSA) is 154 Å². The number of aryl methyl sites for hydroxylation is 1. The van der Waals surface area contributed by atoms with E-state index in [4.69, 9.17) is 18.9 Å². The quantitative estimate of drug-likeness (QED) is 0.0275. The van der Waals surface area contributed by atoms with Gasteiger partial charge in [-0.1, -0.05) is 95.0 Å². The third kappa shape index (κ3) is 12.9. The van der Waals surface area contributed by atoms with Crippen molar-refractivity contribution in [2.24, 2.45) is 46.3 Å². The average molecular weight is 947 g/mol. The zero-order valence-corrected chi connectivity index (χ0v) is 42.3. The van der Waals surface area contributed by atoms with E-state index in [-0.39, 0.29) is 42.1 Å². The number of unbranched alkanes of at least 4 members (excludes halogenated alkanes) is 1. The van der Waals surface area contributed by atoms with E-state index in [1.54, 1.807) is 59.8 Å². The number of allylic oxidation sites excluding steroid dienone is 4. The number of phenols is 1. The van der Waals surface area contributed by atoms with Crippen LogP contribution in [0.4, 0.5) is 0 Å². The standard InChI is InChI=1S/C57H78N4O8/c1-38(2)11-10-12-39(3)48-21-22-49-47-20-17-42-33-46(25-27-56(42,4)50(47)26-28-57(48,49)5)68-37-55(65)58-29-8-9-30-61-35-43(59-60-61)36-69-52-24-16-41(32-54(52)67-7)14-19-45(63)34-44(62)18-13-40-15-23-51(64)53(31-40)66-6/h13-19,23-24,31-32,34-35,38-39,46-50,63-64H,8-12,20-22,25-30,33,36-37H2,1-7H3,(H,58,65)/b18-13+,19-14+,45-34-/t39-,46+,47+,48-,49+,50+,56+,57-/m1/s1. The molecule has 0 saturated heterocycles. The molecule has 7 rings (SSSR count). The minimum Gasteiger partial charge on any atom is -0.508 e. The van der Waals surface area contributed by atoms with Gasteiger partial charge in [0.1, 0.15) is 24.7 Å². The van der Waals surface area contributed by atoms with Crippen LogP contribution in [-0.2, 0) is 27.5 Å². The van der Waals surface area contributed by atoms with E-state index < -0.39 is 5.78 Å². The molecular formula is C57H78N4O8. The number of carbonyl (C=O) groups excluding carboxylic acids is 2. The van der Waals surface area contributed by atoms with E-state index in [9.17, 15) is 19.8 Å². The smallest absolute Gasteiger partial charge is 0.246 e. The van der Waals surface area contributed by atoms with Crippen molar-refractivity contribution >= 4 is 23.8 Å². The number of carbonyl (C=O) groups is 2. The van der Waals surface area contributed by atoms with Crippen LogP contribution in [0.1, 0.15) is 135 Å². The second-order valence-corrected chi connectivity index (χ2v) is 21.3. The number of aliphatic hydroxyl groups excluding tert-OH is 1. The summed E-state index contributed by atoms with van der Waals surface area (Å²) in [6.07, 6.45) is 27.4. The lowest BCUT2D eigenvalue weighted by Gasteiger charge is -2.58. The highest BCUT2D eigenvalue weighted by atomic mass is 16.5. The summed E-state index contributed by atoms with van der Waals surface area (Å²) in [7, 11) is 2.99. The van der Waals surface area contributed by atoms with Gasteiger partial charge in [0.25, 0.3) is 0 Å². The van der Waals surface area contributed by atoms with Gasteiger partial charge in [0.2, 0.25) is 5.91 Å². The third-order valence-corrected chi connectivity index (χ3v) is 16.4. The molecule has 0 spiro atoms. The molecule has 8 atom stereocenters. The molecule has 4 aliphatic carbocycles. The van der Waals surface area contributed by atoms with Gasteiger partial charge in [0.05, 0.1) is 26.5 Å². The molecule has 69 heavy (non-hydrogen) atoms. The molecule has 3 fully saturated rings. The van der Waals surface area contributed by atoms with Gasteiger partial charge in [-0.25, -0.2) is 0 Å². The van der Waals surface area contributed by atoms with Gasteiger partial charge in [0.15, 0.2) is 28.8 Å². The lowest BCUT2D eigenvalue weighted by Crippen LogP contribution is -2.51. The van der Waals surface area contributed by atoms with E-state index in [0.29, 0.717) is 47.0 Å². The van der Waals surface area contributed by atoms with E-state index >= 15 is 0 Å². The van der Waals surface area contributed by atoms with Crippen LogP contribution in [-0.4, -0.2) is 70.4 Å². The fraction of sp³-hybridized carbons (Fsp3) is 0.579. The summed E-state index contributed by atoms with van der Waals surface area (Å²) in [5.74, 6) is 5.61. The number of ketones is 1. The minimum absolute atomic E-state index is 0.00368. The number of hydrogen-bond acceptors (Lipinski definition) is 10. The van der Waals surface area contributed by atoms with Crippen LogP contribution in [0.15, 0.2) is 78.2 Å². The number of aromatic hydroxyl groups is 1. The van der Waals surface area contributed by atoms with Crippen LogP contribution in [0.5, 0.6) is 23.0 Å². The molecule has 3 aromatic rings. The van der Waals surface area contributed by atoms with Gasteiger partial charge in [-0.15, -0.1) is 5.10 Å². The molecule has 0 bridgehead atoms. The fourth-order valence-corrected chi connectivity index (χ4v) is 12.6. The largest absolute Gasteiger partial charge is 0.508 e. The van der Waals surface area contributed by atoms with Crippen LogP contribution in [0, 0.1) is 46.3 Å². The van der Waals surface area contributed by atoms with Crippen molar-refractivity contribution in [2.45, 2.75) is 137 Å². The molecule has 0 aliphatic heterocycles. The van der Waals surface area contributed by atoms with E-state index in [1.807, 2.05) is 6.20 Å². The van der Waals surface area contributed by atoms with Crippen LogP contribution < -0.4 is 19.5 Å². The summed E-state index contributed by atoms with van der Waals surface area (Å²) in [6.45, 7) is 14.1. The number of nitrogens with zero attached hydrogens (tertiary/aromatic N) is 3. The first-order valence-electron chi connectivity index (χ1n) is 25.6. The summed E-state index contributed by atoms with van der Waals surface area (Å²) >= 11 is 0. The van der Waals surface area contributed by atoms with E-state index in [0.717, 1.165) is 72.8 Å². The first-order chi connectivity index (χ1) is 33.2. The molecule has 0 radical (unpaired) electrons. The van der Waals surface area contributed by atoms with Crippen molar-refractivity contribution in [3.05, 3.63) is 95.1 Å². The molecule has 0 unspecified atom stereocenters. The van der Waals surface area contributed by atoms with Crippen molar-refractivity contribution in [1.29, 1.82) is 0 Å². The van der Waals surface area contributed by atoms with E-state index in [2.05, 4.69) is 56.3 Å². The van der Waals surface area contributed by atoms with Gasteiger partial charge in [-0.3, -0.25) is 14.3 Å². The summed E-state index contributed by atoms with van der Waals surface area (Å²) in [6, 6.07) is 10.1. The molecule has 374 valence electrons. The maximum absolute atomic E-state index is 12.8. The summed E-state index contributed by atoms with van der Waals surface area (Å²) in [5, 5.41) is 31.7. The average Bonchev–Trinajstić information content (AvgIpc) is 3.95. The van der Waals surface area contributed by atoms with E-state index in [1.165, 1.54) is 83.1 Å². The number of hydrogen-bond donors (Lipinski definition) is 3. The lowest BCUT2D eigenvalue weighted by atomic mass is 9.47. The number of rotatable bonds is 23. The third-order valence-electron chi connectivity index (χ3n) is 16.4. The van der Waals surface area contributed by atoms with Gasteiger partial charge in [-0.2, -0.15) is 0 Å². The second kappa shape index (κ2) is 23.5. The Labute approximate surface area is 410 Å². The molecule has 12 nitrogen and oxygen atoms in total. The second-order valence-electron chi connectivity index (χ2n) is 21.3. The number of nitrogens with one attached hydrogen (secondary N) is 1.